The molecule has 0 spiro atoms. The van der Waals surface area contributed by atoms with Gasteiger partial charge in [0.25, 0.3) is 0 Å². The van der Waals surface area contributed by atoms with Gasteiger partial charge < -0.3 is 15.0 Å². The Kier molecular flexibility index (Phi) is 4.39. The van der Waals surface area contributed by atoms with E-state index < -0.39 is 7.12 Å². The Bertz CT molecular complexity index is 436. The number of fused-ring (bicyclic) bond motifs is 1. The van der Waals surface area contributed by atoms with Gasteiger partial charge in [-0.2, -0.15) is 0 Å². The molecule has 0 aromatic heterocycles. The highest BCUT2D eigenvalue weighted by atomic mass is 16.5. The van der Waals surface area contributed by atoms with E-state index in [0.29, 0.717) is 13.0 Å². The number of rotatable bonds is 5. The molecule has 0 atom stereocenters. The Hall–Kier alpha value is -1.33. The molecule has 18 heavy (non-hydrogen) atoms. The Balaban J connectivity index is 1.94. The zero-order valence-electron chi connectivity index (χ0n) is 10.6. The highest BCUT2D eigenvalue weighted by Crippen LogP contribution is 2.15. The van der Waals surface area contributed by atoms with E-state index in [1.165, 1.54) is 0 Å². The molecule has 4 nitrogen and oxygen atoms in total. The van der Waals surface area contributed by atoms with E-state index in [0.717, 1.165) is 36.0 Å². The molecule has 1 amide bonds. The summed E-state index contributed by atoms with van der Waals surface area (Å²) in [7, 11) is -0.864. The average molecular weight is 247 g/mol. The maximum Gasteiger partial charge on any atom is 0.491 e. The molecular weight excluding hydrogens is 229 g/mol. The van der Waals surface area contributed by atoms with Gasteiger partial charge in [-0.3, -0.25) is 4.79 Å². The summed E-state index contributed by atoms with van der Waals surface area (Å²) in [5.74, 6) is 0.0248. The smallest absolute Gasteiger partial charge is 0.423 e. The Morgan fingerprint density at radius 3 is 3.11 bits per heavy atom. The van der Waals surface area contributed by atoms with Crippen molar-refractivity contribution < 1.29 is 14.5 Å². The van der Waals surface area contributed by atoms with Crippen LogP contribution in [0.1, 0.15) is 38.2 Å². The van der Waals surface area contributed by atoms with Gasteiger partial charge in [-0.05, 0) is 29.6 Å². The van der Waals surface area contributed by atoms with Crippen molar-refractivity contribution in [2.75, 3.05) is 5.32 Å². The molecule has 0 unspecified atom stereocenters. The highest BCUT2D eigenvalue weighted by Gasteiger charge is 2.27. The summed E-state index contributed by atoms with van der Waals surface area (Å²) in [5, 5.41) is 12.4. The van der Waals surface area contributed by atoms with Crippen molar-refractivity contribution in [2.45, 2.75) is 39.2 Å². The predicted molar refractivity (Wildman–Crippen MR) is 71.6 cm³/mol. The van der Waals surface area contributed by atoms with E-state index in [1.54, 1.807) is 6.07 Å². The number of amides is 1. The summed E-state index contributed by atoms with van der Waals surface area (Å²) in [6.45, 7) is 2.54. The van der Waals surface area contributed by atoms with Gasteiger partial charge in [0, 0.05) is 12.1 Å². The average Bonchev–Trinajstić information content (AvgIpc) is 2.71. The second-order valence-electron chi connectivity index (χ2n) is 4.58. The number of benzene rings is 1. The fourth-order valence-corrected chi connectivity index (χ4v) is 2.05. The van der Waals surface area contributed by atoms with Crippen LogP contribution in [0.15, 0.2) is 18.2 Å². The summed E-state index contributed by atoms with van der Waals surface area (Å²) >= 11 is 0. The van der Waals surface area contributed by atoms with Gasteiger partial charge >= 0.3 is 7.12 Å². The first-order valence-corrected chi connectivity index (χ1v) is 6.43. The summed E-state index contributed by atoms with van der Waals surface area (Å²) in [4.78, 5) is 11.7. The summed E-state index contributed by atoms with van der Waals surface area (Å²) < 4.78 is 5.11. The third kappa shape index (κ3) is 3.12. The normalized spacial score (nSPS) is 13.6. The molecule has 0 aliphatic carbocycles. The highest BCUT2D eigenvalue weighted by molar-refractivity contribution is 6.61. The number of unbranched alkanes of at least 4 members (excludes halogenated alkanes) is 2. The largest absolute Gasteiger partial charge is 0.491 e. The first-order valence-electron chi connectivity index (χ1n) is 6.43. The molecule has 1 aliphatic heterocycles. The summed E-state index contributed by atoms with van der Waals surface area (Å²) in [6, 6.07) is 5.51. The van der Waals surface area contributed by atoms with Crippen molar-refractivity contribution in [1.29, 1.82) is 0 Å². The quantitative estimate of drug-likeness (QED) is 0.611. The number of hydrogen-bond acceptors (Lipinski definition) is 3. The van der Waals surface area contributed by atoms with Gasteiger partial charge in [-0.15, -0.1) is 0 Å². The topological polar surface area (TPSA) is 58.6 Å². The van der Waals surface area contributed by atoms with Gasteiger partial charge in [0.1, 0.15) is 0 Å². The van der Waals surface area contributed by atoms with E-state index >= 15 is 0 Å². The van der Waals surface area contributed by atoms with Crippen molar-refractivity contribution in [2.24, 2.45) is 0 Å². The van der Waals surface area contributed by atoms with E-state index in [4.69, 9.17) is 4.65 Å². The van der Waals surface area contributed by atoms with Crippen molar-refractivity contribution in [3.05, 3.63) is 23.8 Å². The molecule has 0 saturated heterocycles. The van der Waals surface area contributed by atoms with Crippen LogP contribution in [0.25, 0.3) is 0 Å². The minimum absolute atomic E-state index is 0.0248. The SMILES string of the molecule is CCCCCC(=O)Nc1ccc2c(c1)B(O)OC2. The van der Waals surface area contributed by atoms with Gasteiger partial charge in [-0.25, -0.2) is 0 Å². The van der Waals surface area contributed by atoms with Gasteiger partial charge in [0.05, 0.1) is 6.61 Å². The van der Waals surface area contributed by atoms with Crippen LogP contribution >= 0.6 is 0 Å². The molecule has 2 N–H and O–H groups in total. The number of nitrogens with one attached hydrogen (secondary N) is 1. The third-order valence-corrected chi connectivity index (χ3v) is 3.10. The minimum Gasteiger partial charge on any atom is -0.423 e. The van der Waals surface area contributed by atoms with E-state index in [1.807, 2.05) is 12.1 Å². The molecule has 1 aromatic carbocycles. The molecule has 2 rings (SSSR count). The lowest BCUT2D eigenvalue weighted by Gasteiger charge is -2.07. The zero-order chi connectivity index (χ0) is 13.0. The molecule has 1 aromatic rings. The lowest BCUT2D eigenvalue weighted by molar-refractivity contribution is -0.116. The minimum atomic E-state index is -0.864. The zero-order valence-corrected chi connectivity index (χ0v) is 10.6. The van der Waals surface area contributed by atoms with Crippen LogP contribution in [-0.2, 0) is 16.1 Å². The molecule has 5 heteroatoms. The first kappa shape index (κ1) is 13.1. The number of hydrogen-bond donors (Lipinski definition) is 2. The van der Waals surface area contributed by atoms with E-state index in [9.17, 15) is 9.82 Å². The van der Waals surface area contributed by atoms with Crippen LogP contribution in [0.2, 0.25) is 0 Å². The van der Waals surface area contributed by atoms with Crippen LogP contribution in [-0.4, -0.2) is 18.0 Å². The van der Waals surface area contributed by atoms with E-state index in [2.05, 4.69) is 12.2 Å². The van der Waals surface area contributed by atoms with Crippen molar-refractivity contribution >= 4 is 24.2 Å². The first-order chi connectivity index (χ1) is 8.70. The number of carbonyl (C=O) groups is 1. The van der Waals surface area contributed by atoms with Crippen LogP contribution < -0.4 is 10.8 Å². The van der Waals surface area contributed by atoms with Gasteiger partial charge in [0.2, 0.25) is 5.91 Å². The molecule has 0 radical (unpaired) electrons. The van der Waals surface area contributed by atoms with Crippen molar-refractivity contribution in [3.8, 4) is 0 Å². The van der Waals surface area contributed by atoms with Crippen molar-refractivity contribution in [1.82, 2.24) is 0 Å². The van der Waals surface area contributed by atoms with Crippen LogP contribution in [0, 0.1) is 0 Å². The molecule has 96 valence electrons. The van der Waals surface area contributed by atoms with Crippen LogP contribution in [0.3, 0.4) is 0 Å². The maximum absolute atomic E-state index is 11.7. The van der Waals surface area contributed by atoms with Gasteiger partial charge in [0.15, 0.2) is 0 Å². The van der Waals surface area contributed by atoms with Crippen LogP contribution in [0.5, 0.6) is 0 Å². The van der Waals surface area contributed by atoms with E-state index in [-0.39, 0.29) is 5.91 Å². The Morgan fingerprint density at radius 1 is 1.50 bits per heavy atom. The monoisotopic (exact) mass is 247 g/mol. The molecule has 0 bridgehead atoms. The Morgan fingerprint density at radius 2 is 2.33 bits per heavy atom. The molecule has 1 heterocycles. The lowest BCUT2D eigenvalue weighted by atomic mass is 9.79. The second-order valence-corrected chi connectivity index (χ2v) is 4.58. The lowest BCUT2D eigenvalue weighted by Crippen LogP contribution is -2.28. The molecule has 1 aliphatic rings. The number of carbonyl (C=O) groups excluding carboxylic acids is 1. The Labute approximate surface area is 107 Å². The fraction of sp³-hybridized carbons (Fsp3) is 0.462. The standard InChI is InChI=1S/C13H18BNO3/c1-2-3-4-5-13(16)15-11-7-6-10-9-18-14(17)12(10)8-11/h6-8,17H,2-5,9H2,1H3,(H,15,16). The van der Waals surface area contributed by atoms with Crippen LogP contribution in [0.4, 0.5) is 5.69 Å². The second kappa shape index (κ2) is 6.02. The number of anilines is 1. The summed E-state index contributed by atoms with van der Waals surface area (Å²) in [6.07, 6.45) is 3.64. The van der Waals surface area contributed by atoms with Crippen molar-refractivity contribution in [3.63, 3.8) is 0 Å². The summed E-state index contributed by atoms with van der Waals surface area (Å²) in [5.41, 5.74) is 2.45. The fourth-order valence-electron chi connectivity index (χ4n) is 2.05. The molecule has 0 fully saturated rings. The van der Waals surface area contributed by atoms with Gasteiger partial charge in [-0.1, -0.05) is 25.8 Å². The molecular formula is C13H18BNO3. The predicted octanol–water partition coefficient (Wildman–Crippen LogP) is 1.42. The maximum atomic E-state index is 11.7. The third-order valence-electron chi connectivity index (χ3n) is 3.10. The molecule has 0 saturated carbocycles.